The Bertz CT molecular complexity index is 284. The van der Waals surface area contributed by atoms with Gasteiger partial charge >= 0.3 is 0 Å². The Morgan fingerprint density at radius 3 is 2.40 bits per heavy atom. The van der Waals surface area contributed by atoms with Crippen molar-refractivity contribution in [3.63, 3.8) is 0 Å². The van der Waals surface area contributed by atoms with E-state index in [1.54, 1.807) is 0 Å². The highest BCUT2D eigenvalue weighted by atomic mass is 16.3. The van der Waals surface area contributed by atoms with Gasteiger partial charge in [0.15, 0.2) is 0 Å². The Labute approximate surface area is 90.8 Å². The molecule has 0 bridgehead atoms. The minimum atomic E-state index is -0.514. The lowest BCUT2D eigenvalue weighted by Crippen LogP contribution is -2.32. The van der Waals surface area contributed by atoms with Crippen LogP contribution in [-0.2, 0) is 0 Å². The van der Waals surface area contributed by atoms with Crippen LogP contribution in [0.25, 0.3) is 0 Å². The molecule has 0 aliphatic heterocycles. The molecule has 0 saturated heterocycles. The second kappa shape index (κ2) is 5.85. The molecule has 0 fully saturated rings. The number of aliphatic hydroxyl groups is 2. The molecule has 0 aliphatic carbocycles. The average molecular weight is 209 g/mol. The summed E-state index contributed by atoms with van der Waals surface area (Å²) in [5.41, 5.74) is 2.08. The minimum Gasteiger partial charge on any atom is -0.395 e. The molecular formula is C12H19NO2. The fourth-order valence-electron chi connectivity index (χ4n) is 1.28. The van der Waals surface area contributed by atoms with E-state index in [0.717, 1.165) is 5.56 Å². The molecule has 0 saturated carbocycles. The number of benzene rings is 1. The molecule has 0 heterocycles. The SMILES string of the molecule is Cc1ccc(C(O)CN[C@@H](C)CO)cc1. The average Bonchev–Trinajstić information content (AvgIpc) is 2.26. The third-order valence-corrected chi connectivity index (χ3v) is 2.40. The van der Waals surface area contributed by atoms with Crippen molar-refractivity contribution in [2.45, 2.75) is 26.0 Å². The highest BCUT2D eigenvalue weighted by molar-refractivity contribution is 5.23. The molecule has 0 aliphatic rings. The molecule has 3 heteroatoms. The van der Waals surface area contributed by atoms with Gasteiger partial charge in [-0.25, -0.2) is 0 Å². The summed E-state index contributed by atoms with van der Waals surface area (Å²) in [6.07, 6.45) is -0.514. The largest absolute Gasteiger partial charge is 0.395 e. The van der Waals surface area contributed by atoms with Gasteiger partial charge in [0.1, 0.15) is 0 Å². The number of hydrogen-bond acceptors (Lipinski definition) is 3. The fraction of sp³-hybridized carbons (Fsp3) is 0.500. The summed E-state index contributed by atoms with van der Waals surface area (Å²) in [6.45, 7) is 4.44. The van der Waals surface area contributed by atoms with Crippen LogP contribution in [0.4, 0.5) is 0 Å². The maximum absolute atomic E-state index is 9.81. The van der Waals surface area contributed by atoms with Crippen LogP contribution in [0.15, 0.2) is 24.3 Å². The summed E-state index contributed by atoms with van der Waals surface area (Å²) in [7, 11) is 0. The first-order valence-electron chi connectivity index (χ1n) is 5.22. The van der Waals surface area contributed by atoms with Gasteiger partial charge in [0.2, 0.25) is 0 Å². The topological polar surface area (TPSA) is 52.5 Å². The van der Waals surface area contributed by atoms with E-state index in [1.807, 2.05) is 38.1 Å². The van der Waals surface area contributed by atoms with Crippen LogP contribution in [0, 0.1) is 6.92 Å². The van der Waals surface area contributed by atoms with Crippen molar-refractivity contribution in [3.8, 4) is 0 Å². The maximum atomic E-state index is 9.81. The van der Waals surface area contributed by atoms with Gasteiger partial charge in [-0.05, 0) is 19.4 Å². The monoisotopic (exact) mass is 209 g/mol. The van der Waals surface area contributed by atoms with E-state index in [9.17, 15) is 5.11 Å². The standard InChI is InChI=1S/C12H19NO2/c1-9-3-5-11(6-4-9)12(15)7-13-10(2)8-14/h3-6,10,12-15H,7-8H2,1-2H3/t10-,12?/m0/s1. The lowest BCUT2D eigenvalue weighted by atomic mass is 10.1. The first kappa shape index (κ1) is 12.2. The molecule has 3 N–H and O–H groups in total. The molecule has 2 atom stereocenters. The van der Waals surface area contributed by atoms with Crippen molar-refractivity contribution in [2.24, 2.45) is 0 Å². The van der Waals surface area contributed by atoms with Gasteiger partial charge in [0, 0.05) is 12.6 Å². The molecule has 0 radical (unpaired) electrons. The predicted molar refractivity (Wildman–Crippen MR) is 60.7 cm³/mol. The van der Waals surface area contributed by atoms with Gasteiger partial charge in [-0.15, -0.1) is 0 Å². The normalized spacial score (nSPS) is 14.9. The van der Waals surface area contributed by atoms with Gasteiger partial charge in [-0.3, -0.25) is 0 Å². The zero-order valence-corrected chi connectivity index (χ0v) is 9.27. The van der Waals surface area contributed by atoms with Crippen LogP contribution in [0.5, 0.6) is 0 Å². The van der Waals surface area contributed by atoms with E-state index in [2.05, 4.69) is 5.32 Å². The third-order valence-electron chi connectivity index (χ3n) is 2.40. The second-order valence-electron chi connectivity index (χ2n) is 3.92. The van der Waals surface area contributed by atoms with Crippen LogP contribution in [0.1, 0.15) is 24.2 Å². The Balaban J connectivity index is 2.46. The van der Waals surface area contributed by atoms with Crippen LogP contribution < -0.4 is 5.32 Å². The van der Waals surface area contributed by atoms with Gasteiger partial charge in [0.05, 0.1) is 12.7 Å². The highest BCUT2D eigenvalue weighted by Gasteiger charge is 2.08. The molecule has 1 rings (SSSR count). The summed E-state index contributed by atoms with van der Waals surface area (Å²) in [4.78, 5) is 0. The summed E-state index contributed by atoms with van der Waals surface area (Å²) in [5, 5.41) is 21.7. The molecule has 3 nitrogen and oxygen atoms in total. The summed E-state index contributed by atoms with van der Waals surface area (Å²) in [5.74, 6) is 0. The van der Waals surface area contributed by atoms with Crippen molar-refractivity contribution in [2.75, 3.05) is 13.2 Å². The molecule has 1 unspecified atom stereocenters. The Kier molecular flexibility index (Phi) is 4.75. The first-order valence-corrected chi connectivity index (χ1v) is 5.22. The number of nitrogens with one attached hydrogen (secondary N) is 1. The van der Waals surface area contributed by atoms with Gasteiger partial charge < -0.3 is 15.5 Å². The van der Waals surface area contributed by atoms with E-state index < -0.39 is 6.10 Å². The smallest absolute Gasteiger partial charge is 0.0914 e. The zero-order valence-electron chi connectivity index (χ0n) is 9.27. The molecule has 1 aromatic rings. The highest BCUT2D eigenvalue weighted by Crippen LogP contribution is 2.12. The quantitative estimate of drug-likeness (QED) is 0.678. The summed E-state index contributed by atoms with van der Waals surface area (Å²) in [6, 6.07) is 7.82. The lowest BCUT2D eigenvalue weighted by Gasteiger charge is -2.15. The number of aliphatic hydroxyl groups excluding tert-OH is 2. The Morgan fingerprint density at radius 2 is 1.87 bits per heavy atom. The van der Waals surface area contributed by atoms with Gasteiger partial charge in [-0.1, -0.05) is 29.8 Å². The zero-order chi connectivity index (χ0) is 11.3. The van der Waals surface area contributed by atoms with E-state index in [0.29, 0.717) is 6.54 Å². The van der Waals surface area contributed by atoms with Crippen molar-refractivity contribution in [1.29, 1.82) is 0 Å². The molecule has 84 valence electrons. The minimum absolute atomic E-state index is 0.0186. The molecule has 0 amide bonds. The molecular weight excluding hydrogens is 190 g/mol. The van der Waals surface area contributed by atoms with Crippen LogP contribution >= 0.6 is 0 Å². The third kappa shape index (κ3) is 4.00. The van der Waals surface area contributed by atoms with E-state index in [4.69, 9.17) is 5.11 Å². The first-order chi connectivity index (χ1) is 7.13. The fourth-order valence-corrected chi connectivity index (χ4v) is 1.28. The van der Waals surface area contributed by atoms with E-state index in [-0.39, 0.29) is 12.6 Å². The van der Waals surface area contributed by atoms with Crippen molar-refractivity contribution in [1.82, 2.24) is 5.32 Å². The van der Waals surface area contributed by atoms with Crippen LogP contribution in [-0.4, -0.2) is 29.4 Å². The lowest BCUT2D eigenvalue weighted by molar-refractivity contribution is 0.161. The summed E-state index contributed by atoms with van der Waals surface area (Å²) >= 11 is 0. The van der Waals surface area contributed by atoms with Crippen molar-refractivity contribution >= 4 is 0 Å². The molecule has 0 aromatic heterocycles. The van der Waals surface area contributed by atoms with Crippen LogP contribution in [0.3, 0.4) is 0 Å². The van der Waals surface area contributed by atoms with Crippen molar-refractivity contribution < 1.29 is 10.2 Å². The molecule has 0 spiro atoms. The summed E-state index contributed by atoms with van der Waals surface area (Å²) < 4.78 is 0. The predicted octanol–water partition coefficient (Wildman–Crippen LogP) is 0.999. The second-order valence-corrected chi connectivity index (χ2v) is 3.92. The van der Waals surface area contributed by atoms with E-state index >= 15 is 0 Å². The van der Waals surface area contributed by atoms with Gasteiger partial charge in [-0.2, -0.15) is 0 Å². The molecule has 1 aromatic carbocycles. The van der Waals surface area contributed by atoms with Gasteiger partial charge in [0.25, 0.3) is 0 Å². The van der Waals surface area contributed by atoms with Crippen molar-refractivity contribution in [3.05, 3.63) is 35.4 Å². The maximum Gasteiger partial charge on any atom is 0.0914 e. The number of hydrogen-bond donors (Lipinski definition) is 3. The Morgan fingerprint density at radius 1 is 1.27 bits per heavy atom. The number of aryl methyl sites for hydroxylation is 1. The number of rotatable bonds is 5. The van der Waals surface area contributed by atoms with E-state index in [1.165, 1.54) is 5.56 Å². The van der Waals surface area contributed by atoms with Crippen LogP contribution in [0.2, 0.25) is 0 Å². The Hall–Kier alpha value is -0.900. The molecule has 15 heavy (non-hydrogen) atoms.